The third-order valence-corrected chi connectivity index (χ3v) is 3.71. The fourth-order valence-electron chi connectivity index (χ4n) is 1.42. The highest BCUT2D eigenvalue weighted by molar-refractivity contribution is 14.1. The summed E-state index contributed by atoms with van der Waals surface area (Å²) in [5, 5.41) is 12.0. The van der Waals surface area contributed by atoms with Crippen LogP contribution in [-0.4, -0.2) is 16.1 Å². The maximum absolute atomic E-state index is 11.1. The summed E-state index contributed by atoms with van der Waals surface area (Å²) < 4.78 is 6.38. The second kappa shape index (κ2) is 5.66. The molecule has 0 aliphatic carbocycles. The van der Waals surface area contributed by atoms with E-state index in [4.69, 9.17) is 9.84 Å². The van der Waals surface area contributed by atoms with Gasteiger partial charge in [0.15, 0.2) is 0 Å². The maximum Gasteiger partial charge on any atom is 0.339 e. The Morgan fingerprint density at radius 2 is 2.33 bits per heavy atom. The van der Waals surface area contributed by atoms with E-state index in [0.717, 1.165) is 14.3 Å². The number of carbonyl (C=O) groups is 1. The molecular weight excluding hydrogens is 365 g/mol. The zero-order valence-electron chi connectivity index (χ0n) is 9.51. The molecule has 0 amide bonds. The summed E-state index contributed by atoms with van der Waals surface area (Å²) in [7, 11) is 0. The fraction of sp³-hybridized carbons (Fsp3) is 0.167. The Morgan fingerprint density at radius 1 is 1.56 bits per heavy atom. The number of hydrogen-bond acceptors (Lipinski definition) is 4. The minimum Gasteiger partial charge on any atom is -0.486 e. The standard InChI is InChI=1S/C12H10INO3S/c1-7-14-9(6-18-7)5-17-11-3-2-8(13)4-10(11)12(15)16/h2-4,6H,5H2,1H3,(H,15,16). The first-order valence-electron chi connectivity index (χ1n) is 5.13. The van der Waals surface area contributed by atoms with Gasteiger partial charge < -0.3 is 9.84 Å². The van der Waals surface area contributed by atoms with Crippen LogP contribution in [0.2, 0.25) is 0 Å². The summed E-state index contributed by atoms with van der Waals surface area (Å²) in [6.07, 6.45) is 0. The van der Waals surface area contributed by atoms with E-state index in [2.05, 4.69) is 27.6 Å². The van der Waals surface area contributed by atoms with Crippen molar-refractivity contribution >= 4 is 39.9 Å². The van der Waals surface area contributed by atoms with Crippen molar-refractivity contribution in [3.05, 3.63) is 43.4 Å². The van der Waals surface area contributed by atoms with Crippen molar-refractivity contribution in [1.82, 2.24) is 4.98 Å². The molecule has 0 saturated carbocycles. The quantitative estimate of drug-likeness (QED) is 0.833. The molecule has 1 heterocycles. The molecule has 0 saturated heterocycles. The van der Waals surface area contributed by atoms with Crippen LogP contribution in [0.4, 0.5) is 0 Å². The molecule has 94 valence electrons. The normalized spacial score (nSPS) is 10.3. The Hall–Kier alpha value is -1.15. The van der Waals surface area contributed by atoms with Crippen molar-refractivity contribution in [2.45, 2.75) is 13.5 Å². The molecule has 0 aliphatic rings. The van der Waals surface area contributed by atoms with Crippen LogP contribution in [-0.2, 0) is 6.61 Å². The summed E-state index contributed by atoms with van der Waals surface area (Å²) >= 11 is 3.61. The van der Waals surface area contributed by atoms with Gasteiger partial charge in [-0.15, -0.1) is 11.3 Å². The number of benzene rings is 1. The van der Waals surface area contributed by atoms with Crippen LogP contribution in [0.3, 0.4) is 0 Å². The van der Waals surface area contributed by atoms with Crippen molar-refractivity contribution < 1.29 is 14.6 Å². The van der Waals surface area contributed by atoms with Crippen LogP contribution in [0.5, 0.6) is 5.75 Å². The summed E-state index contributed by atoms with van der Waals surface area (Å²) in [6.45, 7) is 2.20. The number of halogens is 1. The lowest BCUT2D eigenvalue weighted by molar-refractivity contribution is 0.0691. The predicted octanol–water partition coefficient (Wildman–Crippen LogP) is 3.33. The minimum absolute atomic E-state index is 0.175. The molecule has 2 aromatic rings. The highest BCUT2D eigenvalue weighted by Gasteiger charge is 2.12. The molecule has 0 atom stereocenters. The van der Waals surface area contributed by atoms with Gasteiger partial charge in [0.25, 0.3) is 0 Å². The molecule has 0 radical (unpaired) electrons. The smallest absolute Gasteiger partial charge is 0.339 e. The van der Waals surface area contributed by atoms with Crippen molar-refractivity contribution in [3.8, 4) is 5.75 Å². The van der Waals surface area contributed by atoms with Gasteiger partial charge in [-0.3, -0.25) is 0 Å². The van der Waals surface area contributed by atoms with Crippen LogP contribution in [0.25, 0.3) is 0 Å². The second-order valence-electron chi connectivity index (χ2n) is 3.59. The molecule has 0 aliphatic heterocycles. The highest BCUT2D eigenvalue weighted by Crippen LogP contribution is 2.22. The SMILES string of the molecule is Cc1nc(COc2ccc(I)cc2C(=O)O)cs1. The zero-order valence-corrected chi connectivity index (χ0v) is 12.5. The van der Waals surface area contributed by atoms with Crippen LogP contribution >= 0.6 is 33.9 Å². The molecule has 0 bridgehead atoms. The van der Waals surface area contributed by atoms with Crippen LogP contribution in [0.15, 0.2) is 23.6 Å². The molecule has 18 heavy (non-hydrogen) atoms. The lowest BCUT2D eigenvalue weighted by Gasteiger charge is -2.08. The fourth-order valence-corrected chi connectivity index (χ4v) is 2.51. The van der Waals surface area contributed by atoms with Crippen molar-refractivity contribution in [2.75, 3.05) is 0 Å². The van der Waals surface area contributed by atoms with E-state index in [-0.39, 0.29) is 12.2 Å². The van der Waals surface area contributed by atoms with Gasteiger partial charge in [-0.1, -0.05) is 0 Å². The lowest BCUT2D eigenvalue weighted by Crippen LogP contribution is -2.04. The average molecular weight is 375 g/mol. The van der Waals surface area contributed by atoms with Crippen molar-refractivity contribution in [1.29, 1.82) is 0 Å². The van der Waals surface area contributed by atoms with Gasteiger partial charge in [-0.25, -0.2) is 9.78 Å². The van der Waals surface area contributed by atoms with Crippen LogP contribution in [0.1, 0.15) is 21.1 Å². The van der Waals surface area contributed by atoms with Gasteiger partial charge in [-0.05, 0) is 47.7 Å². The molecule has 4 nitrogen and oxygen atoms in total. The van der Waals surface area contributed by atoms with E-state index in [1.807, 2.05) is 18.4 Å². The summed E-state index contributed by atoms with van der Waals surface area (Å²) in [5.74, 6) is -0.619. The molecule has 0 spiro atoms. The minimum atomic E-state index is -0.988. The van der Waals surface area contributed by atoms with Crippen molar-refractivity contribution in [3.63, 3.8) is 0 Å². The van der Waals surface area contributed by atoms with Crippen LogP contribution in [0, 0.1) is 10.5 Å². The van der Waals surface area contributed by atoms with Gasteiger partial charge in [0, 0.05) is 8.95 Å². The molecular formula is C12H10INO3S. The molecule has 1 aromatic carbocycles. The largest absolute Gasteiger partial charge is 0.486 e. The number of carboxylic acids is 1. The predicted molar refractivity (Wildman–Crippen MR) is 77.3 cm³/mol. The van der Waals surface area contributed by atoms with Crippen molar-refractivity contribution in [2.24, 2.45) is 0 Å². The topological polar surface area (TPSA) is 59.4 Å². The number of aromatic nitrogens is 1. The molecule has 1 aromatic heterocycles. The summed E-state index contributed by atoms with van der Waals surface area (Å²) in [4.78, 5) is 15.4. The number of nitrogens with zero attached hydrogens (tertiary/aromatic N) is 1. The van der Waals surface area contributed by atoms with Crippen LogP contribution < -0.4 is 4.74 Å². The van der Waals surface area contributed by atoms with Gasteiger partial charge in [-0.2, -0.15) is 0 Å². The van der Waals surface area contributed by atoms with E-state index in [1.165, 1.54) is 0 Å². The van der Waals surface area contributed by atoms with E-state index >= 15 is 0 Å². The van der Waals surface area contributed by atoms with E-state index < -0.39 is 5.97 Å². The molecule has 0 fully saturated rings. The maximum atomic E-state index is 11.1. The number of hydrogen-bond donors (Lipinski definition) is 1. The average Bonchev–Trinajstić information content (AvgIpc) is 2.73. The number of rotatable bonds is 4. The first-order chi connectivity index (χ1) is 8.56. The molecule has 0 unspecified atom stereocenters. The Kier molecular flexibility index (Phi) is 4.18. The van der Waals surface area contributed by atoms with Gasteiger partial charge >= 0.3 is 5.97 Å². The Morgan fingerprint density at radius 3 is 2.94 bits per heavy atom. The first kappa shape index (κ1) is 13.3. The van der Waals surface area contributed by atoms with Gasteiger partial charge in [0.1, 0.15) is 17.9 Å². The summed E-state index contributed by atoms with van der Waals surface area (Å²) in [5.41, 5.74) is 0.987. The highest BCUT2D eigenvalue weighted by atomic mass is 127. The number of aryl methyl sites for hydroxylation is 1. The molecule has 6 heteroatoms. The van der Waals surface area contributed by atoms with Gasteiger partial charge in [0.05, 0.1) is 10.7 Å². The third-order valence-electron chi connectivity index (χ3n) is 2.21. The lowest BCUT2D eigenvalue weighted by atomic mass is 10.2. The Labute approximate surface area is 122 Å². The number of carboxylic acid groups (broad SMARTS) is 1. The van der Waals surface area contributed by atoms with E-state index in [9.17, 15) is 4.79 Å². The van der Waals surface area contributed by atoms with E-state index in [1.54, 1.807) is 23.5 Å². The summed E-state index contributed by atoms with van der Waals surface area (Å²) in [6, 6.07) is 5.07. The monoisotopic (exact) mass is 375 g/mol. The Balaban J connectivity index is 2.16. The third kappa shape index (κ3) is 3.20. The molecule has 2 rings (SSSR count). The molecule has 1 N–H and O–H groups in total. The number of ether oxygens (including phenoxy) is 1. The van der Waals surface area contributed by atoms with Gasteiger partial charge in [0.2, 0.25) is 0 Å². The number of aromatic carboxylic acids is 1. The van der Waals surface area contributed by atoms with E-state index in [0.29, 0.717) is 5.75 Å². The zero-order chi connectivity index (χ0) is 13.1. The Bertz CT molecular complexity index is 582. The second-order valence-corrected chi connectivity index (χ2v) is 5.90. The first-order valence-corrected chi connectivity index (χ1v) is 7.09. The number of thiazole rings is 1.